The van der Waals surface area contributed by atoms with E-state index in [1.807, 2.05) is 0 Å². The van der Waals surface area contributed by atoms with Crippen molar-refractivity contribution in [2.45, 2.75) is 124 Å². The Bertz CT molecular complexity index is 342. The summed E-state index contributed by atoms with van der Waals surface area (Å²) in [4.78, 5) is 14.4. The second-order valence-electron chi connectivity index (χ2n) is 8.80. The van der Waals surface area contributed by atoms with Crippen molar-refractivity contribution in [2.75, 3.05) is 39.3 Å². The highest BCUT2D eigenvalue weighted by Crippen LogP contribution is 2.10. The molecule has 4 heteroatoms. The molecule has 0 bridgehead atoms. The number of hydrogen-bond acceptors (Lipinski definition) is 4. The Morgan fingerprint density at radius 3 is 1.70 bits per heavy atom. The largest absolute Gasteiger partial charge is 0.466 e. The summed E-state index contributed by atoms with van der Waals surface area (Å²) in [6.45, 7) is 12.7. The van der Waals surface area contributed by atoms with Gasteiger partial charge in [-0.3, -0.25) is 4.79 Å². The van der Waals surface area contributed by atoms with Crippen molar-refractivity contribution in [3.63, 3.8) is 0 Å². The van der Waals surface area contributed by atoms with Crippen LogP contribution in [-0.4, -0.2) is 50.2 Å². The average Bonchev–Trinajstić information content (AvgIpc) is 2.75. The van der Waals surface area contributed by atoms with Crippen LogP contribution in [0.3, 0.4) is 0 Å². The number of esters is 1. The molecule has 0 radical (unpaired) electrons. The number of unbranched alkanes of at least 4 members (excludes halogenated alkanes) is 11. The Morgan fingerprint density at radius 1 is 0.633 bits per heavy atom. The zero-order valence-corrected chi connectivity index (χ0v) is 20.8. The quantitative estimate of drug-likeness (QED) is 0.137. The zero-order chi connectivity index (χ0) is 22.1. The summed E-state index contributed by atoms with van der Waals surface area (Å²) >= 11 is 0. The molecule has 0 heterocycles. The number of nitrogens with one attached hydrogen (secondary N) is 1. The molecule has 0 saturated heterocycles. The van der Waals surface area contributed by atoms with E-state index >= 15 is 0 Å². The molecule has 0 aliphatic rings. The molecule has 180 valence electrons. The molecule has 0 spiro atoms. The molecule has 4 nitrogen and oxygen atoms in total. The Kier molecular flexibility index (Phi) is 24.2. The van der Waals surface area contributed by atoms with Crippen molar-refractivity contribution >= 4 is 5.97 Å². The molecular weight excluding hydrogens is 372 g/mol. The van der Waals surface area contributed by atoms with Gasteiger partial charge in [-0.1, -0.05) is 91.4 Å². The lowest BCUT2D eigenvalue weighted by Gasteiger charge is -2.21. The molecule has 0 fully saturated rings. The van der Waals surface area contributed by atoms with Gasteiger partial charge in [-0.25, -0.2) is 0 Å². The van der Waals surface area contributed by atoms with Crippen molar-refractivity contribution in [1.29, 1.82) is 0 Å². The Morgan fingerprint density at radius 2 is 1.13 bits per heavy atom. The van der Waals surface area contributed by atoms with Crippen molar-refractivity contribution < 1.29 is 9.53 Å². The van der Waals surface area contributed by atoms with Crippen LogP contribution in [0.15, 0.2) is 0 Å². The first-order valence-electron chi connectivity index (χ1n) is 13.3. The van der Waals surface area contributed by atoms with Crippen molar-refractivity contribution in [2.24, 2.45) is 0 Å². The monoisotopic (exact) mass is 426 g/mol. The summed E-state index contributed by atoms with van der Waals surface area (Å²) in [5, 5.41) is 3.40. The van der Waals surface area contributed by atoms with Crippen LogP contribution >= 0.6 is 0 Å². The topological polar surface area (TPSA) is 41.6 Å². The highest BCUT2D eigenvalue weighted by molar-refractivity contribution is 5.69. The normalized spacial score (nSPS) is 11.3. The third-order valence-corrected chi connectivity index (χ3v) is 5.75. The molecule has 0 aromatic rings. The lowest BCUT2D eigenvalue weighted by atomic mass is 10.1. The van der Waals surface area contributed by atoms with Gasteiger partial charge in [0.1, 0.15) is 0 Å². The van der Waals surface area contributed by atoms with E-state index in [2.05, 4.69) is 31.0 Å². The van der Waals surface area contributed by atoms with Crippen LogP contribution in [0.25, 0.3) is 0 Å². The first-order valence-corrected chi connectivity index (χ1v) is 13.3. The van der Waals surface area contributed by atoms with E-state index in [-0.39, 0.29) is 5.97 Å². The van der Waals surface area contributed by atoms with Crippen LogP contribution in [0, 0.1) is 0 Å². The van der Waals surface area contributed by atoms with Crippen LogP contribution in [0.5, 0.6) is 0 Å². The third kappa shape index (κ3) is 22.1. The zero-order valence-electron chi connectivity index (χ0n) is 20.8. The number of rotatable bonds is 24. The van der Waals surface area contributed by atoms with Crippen molar-refractivity contribution in [3.8, 4) is 0 Å². The van der Waals surface area contributed by atoms with E-state index < -0.39 is 0 Å². The number of ether oxygens (including phenoxy) is 1. The molecule has 30 heavy (non-hydrogen) atoms. The third-order valence-electron chi connectivity index (χ3n) is 5.75. The predicted molar refractivity (Wildman–Crippen MR) is 131 cm³/mol. The second kappa shape index (κ2) is 24.7. The molecule has 0 aromatic heterocycles. The van der Waals surface area contributed by atoms with E-state index in [9.17, 15) is 4.79 Å². The molecule has 0 saturated carbocycles. The minimum atomic E-state index is -0.0501. The summed E-state index contributed by atoms with van der Waals surface area (Å²) in [6, 6.07) is 0. The summed E-state index contributed by atoms with van der Waals surface area (Å²) in [6.07, 6.45) is 19.8. The SMILES string of the molecule is CCCCCCCCCCCCOC(=O)CCNCCCN(CCCC)CCCC. The summed E-state index contributed by atoms with van der Waals surface area (Å²) in [5.74, 6) is -0.0501. The lowest BCUT2D eigenvalue weighted by molar-refractivity contribution is -0.143. The van der Waals surface area contributed by atoms with E-state index in [0.29, 0.717) is 13.0 Å². The standard InChI is InChI=1S/C26H54N2O2/c1-4-7-10-11-12-13-14-15-16-17-25-30-26(29)19-21-27-20-18-24-28(22-8-5-2)23-9-6-3/h27H,4-25H2,1-3H3. The summed E-state index contributed by atoms with van der Waals surface area (Å²) in [5.41, 5.74) is 0. The Balaban J connectivity index is 3.40. The summed E-state index contributed by atoms with van der Waals surface area (Å²) < 4.78 is 5.36. The van der Waals surface area contributed by atoms with E-state index in [1.165, 1.54) is 96.6 Å². The van der Waals surface area contributed by atoms with Gasteiger partial charge in [0, 0.05) is 6.54 Å². The van der Waals surface area contributed by atoms with Crippen LogP contribution in [0.2, 0.25) is 0 Å². The van der Waals surface area contributed by atoms with Crippen molar-refractivity contribution in [3.05, 3.63) is 0 Å². The molecule has 1 N–H and O–H groups in total. The Hall–Kier alpha value is -0.610. The molecular formula is C26H54N2O2. The fourth-order valence-electron chi connectivity index (χ4n) is 3.69. The highest BCUT2D eigenvalue weighted by Gasteiger charge is 2.05. The molecule has 0 rings (SSSR count). The van der Waals surface area contributed by atoms with Gasteiger partial charge in [-0.15, -0.1) is 0 Å². The predicted octanol–water partition coefficient (Wildman–Crippen LogP) is 6.72. The maximum absolute atomic E-state index is 11.8. The first-order chi connectivity index (χ1) is 14.7. The van der Waals surface area contributed by atoms with Gasteiger partial charge in [0.2, 0.25) is 0 Å². The fourth-order valence-corrected chi connectivity index (χ4v) is 3.69. The minimum absolute atomic E-state index is 0.0501. The maximum atomic E-state index is 11.8. The van der Waals surface area contributed by atoms with Gasteiger partial charge in [0.25, 0.3) is 0 Å². The number of carbonyl (C=O) groups excluding carboxylic acids is 1. The van der Waals surface area contributed by atoms with Gasteiger partial charge in [0.15, 0.2) is 0 Å². The van der Waals surface area contributed by atoms with Crippen LogP contribution in [-0.2, 0) is 9.53 Å². The average molecular weight is 427 g/mol. The number of hydrogen-bond donors (Lipinski definition) is 1. The molecule has 0 aromatic carbocycles. The molecule has 0 amide bonds. The molecule has 0 aliphatic heterocycles. The number of carbonyl (C=O) groups is 1. The fraction of sp³-hybridized carbons (Fsp3) is 0.962. The first kappa shape index (κ1) is 29.4. The molecule has 0 unspecified atom stereocenters. The van der Waals surface area contributed by atoms with Crippen molar-refractivity contribution in [1.82, 2.24) is 10.2 Å². The smallest absolute Gasteiger partial charge is 0.307 e. The molecule has 0 aliphatic carbocycles. The number of nitrogens with zero attached hydrogens (tertiary/aromatic N) is 1. The van der Waals surface area contributed by atoms with Gasteiger partial charge in [-0.2, -0.15) is 0 Å². The van der Waals surface area contributed by atoms with Crippen LogP contribution in [0.1, 0.15) is 124 Å². The molecule has 0 atom stereocenters. The van der Waals surface area contributed by atoms with Gasteiger partial charge in [0.05, 0.1) is 13.0 Å². The van der Waals surface area contributed by atoms with E-state index in [1.54, 1.807) is 0 Å². The second-order valence-corrected chi connectivity index (χ2v) is 8.80. The van der Waals surface area contributed by atoms with Gasteiger partial charge >= 0.3 is 5.97 Å². The van der Waals surface area contributed by atoms with Crippen LogP contribution < -0.4 is 5.32 Å². The maximum Gasteiger partial charge on any atom is 0.307 e. The summed E-state index contributed by atoms with van der Waals surface area (Å²) in [7, 11) is 0. The van der Waals surface area contributed by atoms with Gasteiger partial charge in [-0.05, 0) is 51.9 Å². The minimum Gasteiger partial charge on any atom is -0.466 e. The lowest BCUT2D eigenvalue weighted by Crippen LogP contribution is -2.30. The van der Waals surface area contributed by atoms with Crippen LogP contribution in [0.4, 0.5) is 0 Å². The Labute approximate surface area is 188 Å². The van der Waals surface area contributed by atoms with E-state index in [0.717, 1.165) is 32.5 Å². The van der Waals surface area contributed by atoms with Gasteiger partial charge < -0.3 is 15.0 Å². The highest BCUT2D eigenvalue weighted by atomic mass is 16.5. The van der Waals surface area contributed by atoms with E-state index in [4.69, 9.17) is 4.74 Å².